The van der Waals surface area contributed by atoms with E-state index in [2.05, 4.69) is 20.9 Å². The van der Waals surface area contributed by atoms with Gasteiger partial charge in [0, 0.05) is 37.0 Å². The smallest absolute Gasteiger partial charge is 0.303 e. The highest BCUT2D eigenvalue weighted by atomic mass is 19.1. The Morgan fingerprint density at radius 1 is 0.900 bits per heavy atom. The van der Waals surface area contributed by atoms with Gasteiger partial charge in [-0.25, -0.2) is 18.2 Å². The van der Waals surface area contributed by atoms with Crippen molar-refractivity contribution in [3.63, 3.8) is 0 Å². The van der Waals surface area contributed by atoms with Gasteiger partial charge in [-0.05, 0) is 50.1 Å². The number of carbonyl (C=O) groups excluding carboxylic acids is 4. The third-order valence-electron chi connectivity index (χ3n) is 5.91. The Morgan fingerprint density at radius 3 is 2.23 bits per heavy atom. The Bertz CT molecular complexity index is 1480. The van der Waals surface area contributed by atoms with Crippen molar-refractivity contribution in [1.82, 2.24) is 4.98 Å². The molecule has 0 aliphatic heterocycles. The first-order valence-corrected chi connectivity index (χ1v) is 12.0. The summed E-state index contributed by atoms with van der Waals surface area (Å²) in [6.45, 7) is 2.51. The number of halogens is 3. The van der Waals surface area contributed by atoms with Crippen molar-refractivity contribution >= 4 is 40.9 Å². The Labute approximate surface area is 225 Å². The summed E-state index contributed by atoms with van der Waals surface area (Å²) in [4.78, 5) is 52.6. The van der Waals surface area contributed by atoms with Gasteiger partial charge >= 0.3 is 5.97 Å². The van der Waals surface area contributed by atoms with Crippen LogP contribution in [0.3, 0.4) is 0 Å². The summed E-state index contributed by atoms with van der Waals surface area (Å²) in [7, 11) is 0. The van der Waals surface area contributed by atoms with E-state index in [1.54, 1.807) is 0 Å². The molecule has 1 aromatic heterocycles. The molecule has 1 saturated carbocycles. The predicted molar refractivity (Wildman–Crippen MR) is 136 cm³/mol. The standard InChI is InChI=1S/C27H23F3N4O6/c1-14(39-15(2)35)24(36)34-23-11-18(7-10-31-23)40-22-13-19(29)21(12-20(22)30)33-26(38)27(8-9-27)25(37)32-17-5-3-16(28)4-6-17/h3-7,10-14H,8-9H2,1-2H3,(H,32,37)(H,33,38)(H,31,34,36)/t14-/m0/s1. The summed E-state index contributed by atoms with van der Waals surface area (Å²) in [5, 5.41) is 7.18. The van der Waals surface area contributed by atoms with Crippen molar-refractivity contribution in [3.05, 3.63) is 72.2 Å². The number of nitrogens with zero attached hydrogens (tertiary/aromatic N) is 1. The topological polar surface area (TPSA) is 136 Å². The normalized spacial score (nSPS) is 13.9. The van der Waals surface area contributed by atoms with Gasteiger partial charge in [-0.1, -0.05) is 0 Å². The molecule has 1 fully saturated rings. The first-order chi connectivity index (χ1) is 19.0. The molecule has 4 rings (SSSR count). The van der Waals surface area contributed by atoms with Crippen LogP contribution >= 0.6 is 0 Å². The number of rotatable bonds is 9. The molecule has 0 radical (unpaired) electrons. The molecule has 1 aliphatic rings. The van der Waals surface area contributed by atoms with Crippen LogP contribution in [-0.2, 0) is 23.9 Å². The fraction of sp³-hybridized carbons (Fsp3) is 0.222. The monoisotopic (exact) mass is 556 g/mol. The molecule has 1 atom stereocenters. The minimum atomic E-state index is -1.47. The third kappa shape index (κ3) is 6.54. The lowest BCUT2D eigenvalue weighted by molar-refractivity contribution is -0.150. The van der Waals surface area contributed by atoms with Crippen LogP contribution in [0.2, 0.25) is 0 Å². The zero-order valence-corrected chi connectivity index (χ0v) is 21.2. The highest BCUT2D eigenvalue weighted by Gasteiger charge is 2.56. The zero-order chi connectivity index (χ0) is 29.0. The summed E-state index contributed by atoms with van der Waals surface area (Å²) in [6.07, 6.45) is 0.535. The summed E-state index contributed by atoms with van der Waals surface area (Å²) in [5.41, 5.74) is -1.70. The van der Waals surface area contributed by atoms with E-state index in [9.17, 15) is 32.3 Å². The van der Waals surface area contributed by atoms with Gasteiger partial charge in [0.15, 0.2) is 23.5 Å². The number of hydrogen-bond acceptors (Lipinski definition) is 7. The number of esters is 1. The summed E-state index contributed by atoms with van der Waals surface area (Å²) in [6, 6.07) is 8.94. The second kappa shape index (κ2) is 11.4. The molecule has 1 heterocycles. The maximum absolute atomic E-state index is 14.8. The van der Waals surface area contributed by atoms with E-state index >= 15 is 0 Å². The molecule has 1 aliphatic carbocycles. The first-order valence-electron chi connectivity index (χ1n) is 12.0. The van der Waals surface area contributed by atoms with Crippen LogP contribution < -0.4 is 20.7 Å². The van der Waals surface area contributed by atoms with E-state index in [1.807, 2.05) is 0 Å². The highest BCUT2D eigenvalue weighted by molar-refractivity contribution is 6.17. The Kier molecular flexibility index (Phi) is 8.03. The quantitative estimate of drug-likeness (QED) is 0.260. The maximum atomic E-state index is 14.8. The van der Waals surface area contributed by atoms with E-state index < -0.39 is 64.1 Å². The zero-order valence-electron chi connectivity index (χ0n) is 21.2. The second-order valence-electron chi connectivity index (χ2n) is 8.98. The van der Waals surface area contributed by atoms with E-state index in [1.165, 1.54) is 37.4 Å². The van der Waals surface area contributed by atoms with Crippen LogP contribution in [-0.4, -0.2) is 34.8 Å². The predicted octanol–water partition coefficient (Wildman–Crippen LogP) is 4.54. The molecule has 13 heteroatoms. The molecule has 0 saturated heterocycles. The van der Waals surface area contributed by atoms with Crippen LogP contribution in [0.1, 0.15) is 26.7 Å². The van der Waals surface area contributed by atoms with Gasteiger partial charge in [0.1, 0.15) is 22.8 Å². The van der Waals surface area contributed by atoms with E-state index in [4.69, 9.17) is 9.47 Å². The van der Waals surface area contributed by atoms with Crippen LogP contribution in [0.25, 0.3) is 0 Å². The van der Waals surface area contributed by atoms with Crippen molar-refractivity contribution in [2.75, 3.05) is 16.0 Å². The van der Waals surface area contributed by atoms with Crippen molar-refractivity contribution in [2.45, 2.75) is 32.8 Å². The number of carbonyl (C=O) groups is 4. The first kappa shape index (κ1) is 28.1. The minimum absolute atomic E-state index is 0.0000824. The minimum Gasteiger partial charge on any atom is -0.454 e. The molecule has 3 amide bonds. The molecule has 208 valence electrons. The van der Waals surface area contributed by atoms with E-state index in [0.29, 0.717) is 12.1 Å². The molecule has 3 aromatic rings. The van der Waals surface area contributed by atoms with E-state index in [-0.39, 0.29) is 30.1 Å². The molecular formula is C27H23F3N4O6. The number of nitrogens with one attached hydrogen (secondary N) is 3. The number of aromatic nitrogens is 1. The van der Waals surface area contributed by atoms with Gasteiger partial charge in [-0.3, -0.25) is 19.2 Å². The lowest BCUT2D eigenvalue weighted by Gasteiger charge is -2.16. The summed E-state index contributed by atoms with van der Waals surface area (Å²) in [5.74, 6) is -5.87. The lowest BCUT2D eigenvalue weighted by atomic mass is 10.0. The second-order valence-corrected chi connectivity index (χ2v) is 8.98. The van der Waals surface area contributed by atoms with Crippen molar-refractivity contribution in [2.24, 2.45) is 5.41 Å². The fourth-order valence-electron chi connectivity index (χ4n) is 3.61. The number of ether oxygens (including phenoxy) is 2. The molecule has 0 spiro atoms. The third-order valence-corrected chi connectivity index (χ3v) is 5.91. The largest absolute Gasteiger partial charge is 0.454 e. The van der Waals surface area contributed by atoms with Gasteiger partial charge in [0.05, 0.1) is 5.69 Å². The van der Waals surface area contributed by atoms with Gasteiger partial charge < -0.3 is 25.4 Å². The average molecular weight is 556 g/mol. The van der Waals surface area contributed by atoms with Gasteiger partial charge in [0.25, 0.3) is 5.91 Å². The molecule has 0 unspecified atom stereocenters. The molecule has 40 heavy (non-hydrogen) atoms. The SMILES string of the molecule is CC(=O)O[C@@H](C)C(=O)Nc1cc(Oc2cc(F)c(NC(=O)C3(C(=O)Nc4ccc(F)cc4)CC3)cc2F)ccn1. The lowest BCUT2D eigenvalue weighted by Crippen LogP contribution is -2.35. The molecule has 2 aromatic carbocycles. The van der Waals surface area contributed by atoms with Gasteiger partial charge in [0.2, 0.25) is 11.8 Å². The summed E-state index contributed by atoms with van der Waals surface area (Å²) >= 11 is 0. The van der Waals surface area contributed by atoms with Crippen LogP contribution in [0.4, 0.5) is 30.4 Å². The highest BCUT2D eigenvalue weighted by Crippen LogP contribution is 2.47. The van der Waals surface area contributed by atoms with Gasteiger partial charge in [-0.2, -0.15) is 0 Å². The number of hydrogen-bond donors (Lipinski definition) is 3. The molecule has 0 bridgehead atoms. The Balaban J connectivity index is 1.42. The fourth-order valence-corrected chi connectivity index (χ4v) is 3.61. The average Bonchev–Trinajstić information content (AvgIpc) is 3.71. The number of benzene rings is 2. The molecule has 3 N–H and O–H groups in total. The van der Waals surface area contributed by atoms with Gasteiger partial charge in [-0.15, -0.1) is 0 Å². The van der Waals surface area contributed by atoms with Crippen LogP contribution in [0.15, 0.2) is 54.7 Å². The number of amides is 3. The summed E-state index contributed by atoms with van der Waals surface area (Å²) < 4.78 is 52.9. The molecular weight excluding hydrogens is 533 g/mol. The van der Waals surface area contributed by atoms with Crippen LogP contribution in [0, 0.1) is 22.9 Å². The Morgan fingerprint density at radius 2 is 1.57 bits per heavy atom. The Hall–Kier alpha value is -4.94. The van der Waals surface area contributed by atoms with Crippen molar-refractivity contribution in [1.29, 1.82) is 0 Å². The van der Waals surface area contributed by atoms with Crippen molar-refractivity contribution < 1.29 is 41.8 Å². The maximum Gasteiger partial charge on any atom is 0.303 e. The van der Waals surface area contributed by atoms with Crippen LogP contribution in [0.5, 0.6) is 11.5 Å². The van der Waals surface area contributed by atoms with E-state index in [0.717, 1.165) is 19.1 Å². The number of anilines is 3. The molecule has 10 nitrogen and oxygen atoms in total. The van der Waals surface area contributed by atoms with Crippen molar-refractivity contribution in [3.8, 4) is 11.5 Å². The number of pyridine rings is 1.